The summed E-state index contributed by atoms with van der Waals surface area (Å²) in [5.74, 6) is -0.635. The topological polar surface area (TPSA) is 67.7 Å². The molecule has 7 nitrogen and oxygen atoms in total. The lowest BCUT2D eigenvalue weighted by molar-refractivity contribution is 0.0141. The number of halogens is 2. The summed E-state index contributed by atoms with van der Waals surface area (Å²) in [6.45, 7) is 6.86. The highest BCUT2D eigenvalue weighted by Gasteiger charge is 2.32. The molecule has 0 N–H and O–H groups in total. The molecule has 0 atom stereocenters. The maximum atomic E-state index is 15.0. The van der Waals surface area contributed by atoms with Crippen LogP contribution in [0.15, 0.2) is 67.0 Å². The van der Waals surface area contributed by atoms with Crippen LogP contribution in [-0.4, -0.2) is 63.1 Å². The van der Waals surface area contributed by atoms with Gasteiger partial charge in [-0.05, 0) is 51.1 Å². The minimum atomic E-state index is -0.598. The van der Waals surface area contributed by atoms with E-state index in [1.807, 2.05) is 61.7 Å². The normalized spacial score (nSPS) is 14.1. The summed E-state index contributed by atoms with van der Waals surface area (Å²) < 4.78 is 22.5. The predicted octanol–water partition coefficient (Wildman–Crippen LogP) is 6.10. The second kappa shape index (κ2) is 10.7. The monoisotopic (exact) mass is 548 g/mol. The molecule has 2 aromatic carbocycles. The van der Waals surface area contributed by atoms with Gasteiger partial charge in [0, 0.05) is 72.3 Å². The molecule has 3 heterocycles. The number of pyridine rings is 1. The van der Waals surface area contributed by atoms with Crippen molar-refractivity contribution in [1.82, 2.24) is 19.4 Å². The highest BCUT2D eigenvalue weighted by atomic mass is 35.5. The van der Waals surface area contributed by atoms with Crippen molar-refractivity contribution in [2.24, 2.45) is 0 Å². The molecule has 0 saturated carbocycles. The molecule has 1 aliphatic rings. The fourth-order valence-corrected chi connectivity index (χ4v) is 5.14. The van der Waals surface area contributed by atoms with Gasteiger partial charge in [0.2, 0.25) is 0 Å². The molecule has 39 heavy (non-hydrogen) atoms. The molecule has 1 aliphatic heterocycles. The number of carbonyl (C=O) groups is 2. The first-order valence-corrected chi connectivity index (χ1v) is 13.2. The number of amides is 2. The third-order valence-electron chi connectivity index (χ3n) is 6.72. The van der Waals surface area contributed by atoms with E-state index in [0.717, 1.165) is 11.2 Å². The molecular formula is C30H30ClFN4O3. The Balaban J connectivity index is 1.57. The van der Waals surface area contributed by atoms with Gasteiger partial charge in [0.25, 0.3) is 5.91 Å². The van der Waals surface area contributed by atoms with E-state index in [-0.39, 0.29) is 12.3 Å². The van der Waals surface area contributed by atoms with Crippen LogP contribution in [0, 0.1) is 5.82 Å². The number of piperazine rings is 1. The Morgan fingerprint density at radius 2 is 1.67 bits per heavy atom. The summed E-state index contributed by atoms with van der Waals surface area (Å²) in [4.78, 5) is 34.4. The van der Waals surface area contributed by atoms with Gasteiger partial charge in [0.1, 0.15) is 11.4 Å². The van der Waals surface area contributed by atoms with Gasteiger partial charge in [-0.15, -0.1) is 0 Å². The van der Waals surface area contributed by atoms with Crippen LogP contribution in [0.25, 0.3) is 16.6 Å². The van der Waals surface area contributed by atoms with Crippen LogP contribution in [0.1, 0.15) is 42.4 Å². The standard InChI is InChI=1S/C30H30ClFN4O3/c1-30(2,3)39-29(38)35-16-14-34(15-17-35)28(37)27-22-19-33-13-12-25(22)36(20-8-5-4-6-9-20)26(27)18-21-23(31)10-7-11-24(21)32/h4-13,19H,14-18H2,1-3H3. The molecule has 202 valence electrons. The van der Waals surface area contributed by atoms with Gasteiger partial charge in [-0.2, -0.15) is 0 Å². The molecule has 1 saturated heterocycles. The van der Waals surface area contributed by atoms with Crippen LogP contribution < -0.4 is 0 Å². The Kier molecular flexibility index (Phi) is 7.32. The molecule has 4 aromatic rings. The number of aromatic nitrogens is 2. The van der Waals surface area contributed by atoms with Crippen molar-refractivity contribution < 1.29 is 18.7 Å². The van der Waals surface area contributed by atoms with Gasteiger partial charge in [0.05, 0.1) is 11.1 Å². The fraction of sp³-hybridized carbons (Fsp3) is 0.300. The minimum Gasteiger partial charge on any atom is -0.444 e. The lowest BCUT2D eigenvalue weighted by Gasteiger charge is -2.35. The van der Waals surface area contributed by atoms with Crippen molar-refractivity contribution >= 4 is 34.5 Å². The second-order valence-corrected chi connectivity index (χ2v) is 10.9. The number of fused-ring (bicyclic) bond motifs is 1. The van der Waals surface area contributed by atoms with E-state index in [9.17, 15) is 14.0 Å². The van der Waals surface area contributed by atoms with Crippen molar-refractivity contribution in [3.05, 3.63) is 94.7 Å². The van der Waals surface area contributed by atoms with Crippen LogP contribution in [-0.2, 0) is 11.2 Å². The summed E-state index contributed by atoms with van der Waals surface area (Å²) in [5.41, 5.74) is 2.41. The molecular weight excluding hydrogens is 519 g/mol. The van der Waals surface area contributed by atoms with Crippen molar-refractivity contribution in [2.45, 2.75) is 32.8 Å². The fourth-order valence-electron chi connectivity index (χ4n) is 4.91. The minimum absolute atomic E-state index is 0.105. The van der Waals surface area contributed by atoms with Crippen molar-refractivity contribution in [2.75, 3.05) is 26.2 Å². The van der Waals surface area contributed by atoms with Crippen molar-refractivity contribution in [1.29, 1.82) is 0 Å². The summed E-state index contributed by atoms with van der Waals surface area (Å²) in [5, 5.41) is 0.964. The van der Waals surface area contributed by atoms with Gasteiger partial charge >= 0.3 is 6.09 Å². The van der Waals surface area contributed by atoms with Crippen LogP contribution in [0.3, 0.4) is 0 Å². The molecule has 0 aliphatic carbocycles. The molecule has 0 radical (unpaired) electrons. The Bertz CT molecular complexity index is 1500. The number of benzene rings is 2. The number of ether oxygens (including phenoxy) is 1. The van der Waals surface area contributed by atoms with E-state index >= 15 is 0 Å². The molecule has 2 amide bonds. The molecule has 9 heteroatoms. The van der Waals surface area contributed by atoms with E-state index in [0.29, 0.717) is 53.4 Å². The average Bonchev–Trinajstić information content (AvgIpc) is 3.24. The summed E-state index contributed by atoms with van der Waals surface area (Å²) in [7, 11) is 0. The second-order valence-electron chi connectivity index (χ2n) is 10.5. The Hall–Kier alpha value is -3.91. The Labute approximate surface area is 231 Å². The SMILES string of the molecule is CC(C)(C)OC(=O)N1CCN(C(=O)c2c(Cc3c(F)cccc3Cl)n(-c3ccccc3)c3ccncc23)CC1. The van der Waals surface area contributed by atoms with Crippen LogP contribution >= 0.6 is 11.6 Å². The Morgan fingerprint density at radius 1 is 0.974 bits per heavy atom. The van der Waals surface area contributed by atoms with Gasteiger partial charge < -0.3 is 19.1 Å². The maximum Gasteiger partial charge on any atom is 0.410 e. The van der Waals surface area contributed by atoms with E-state index in [2.05, 4.69) is 4.98 Å². The highest BCUT2D eigenvalue weighted by Crippen LogP contribution is 2.34. The van der Waals surface area contributed by atoms with Crippen LogP contribution in [0.2, 0.25) is 5.02 Å². The summed E-state index contributed by atoms with van der Waals surface area (Å²) >= 11 is 6.44. The zero-order chi connectivity index (χ0) is 27.7. The number of nitrogens with zero attached hydrogens (tertiary/aromatic N) is 4. The smallest absolute Gasteiger partial charge is 0.410 e. The number of para-hydroxylation sites is 1. The van der Waals surface area contributed by atoms with E-state index in [1.165, 1.54) is 6.07 Å². The zero-order valence-electron chi connectivity index (χ0n) is 22.2. The van der Waals surface area contributed by atoms with Crippen molar-refractivity contribution in [3.63, 3.8) is 0 Å². The van der Waals surface area contributed by atoms with E-state index < -0.39 is 17.5 Å². The maximum absolute atomic E-state index is 15.0. The molecule has 0 bridgehead atoms. The van der Waals surface area contributed by atoms with Gasteiger partial charge in [0.15, 0.2) is 0 Å². The average molecular weight is 549 g/mol. The Morgan fingerprint density at radius 3 is 2.33 bits per heavy atom. The first kappa shape index (κ1) is 26.7. The zero-order valence-corrected chi connectivity index (χ0v) is 22.9. The van der Waals surface area contributed by atoms with Crippen LogP contribution in [0.4, 0.5) is 9.18 Å². The molecule has 0 unspecified atom stereocenters. The van der Waals surface area contributed by atoms with Crippen molar-refractivity contribution in [3.8, 4) is 5.69 Å². The highest BCUT2D eigenvalue weighted by molar-refractivity contribution is 6.31. The predicted molar refractivity (Wildman–Crippen MR) is 149 cm³/mol. The van der Waals surface area contributed by atoms with Gasteiger partial charge in [-0.1, -0.05) is 35.9 Å². The quantitative estimate of drug-likeness (QED) is 0.309. The number of hydrogen-bond acceptors (Lipinski definition) is 4. The third-order valence-corrected chi connectivity index (χ3v) is 7.07. The lowest BCUT2D eigenvalue weighted by Crippen LogP contribution is -2.51. The van der Waals surface area contributed by atoms with Gasteiger partial charge in [-0.25, -0.2) is 9.18 Å². The first-order valence-electron chi connectivity index (χ1n) is 12.9. The van der Waals surface area contributed by atoms with Gasteiger partial charge in [-0.3, -0.25) is 9.78 Å². The number of rotatable bonds is 4. The molecule has 5 rings (SSSR count). The molecule has 2 aromatic heterocycles. The molecule has 0 spiro atoms. The largest absolute Gasteiger partial charge is 0.444 e. The lowest BCUT2D eigenvalue weighted by atomic mass is 10.0. The summed E-state index contributed by atoms with van der Waals surface area (Å²) in [6, 6.07) is 16.1. The third kappa shape index (κ3) is 5.47. The summed E-state index contributed by atoms with van der Waals surface area (Å²) in [6.07, 6.45) is 3.06. The van der Waals surface area contributed by atoms with E-state index in [1.54, 1.807) is 34.3 Å². The first-order chi connectivity index (χ1) is 18.6. The van der Waals surface area contributed by atoms with Crippen LogP contribution in [0.5, 0.6) is 0 Å². The number of hydrogen-bond donors (Lipinski definition) is 0. The number of carbonyl (C=O) groups excluding carboxylic acids is 2. The van der Waals surface area contributed by atoms with E-state index in [4.69, 9.17) is 16.3 Å². The molecule has 1 fully saturated rings.